The number of nitrogen functional groups attached to an aromatic ring is 1. The van der Waals surface area contributed by atoms with E-state index in [1.54, 1.807) is 24.1 Å². The van der Waals surface area contributed by atoms with Crippen molar-refractivity contribution in [1.29, 1.82) is 5.26 Å². The number of hydrogen-bond acceptors (Lipinski definition) is 6. The van der Waals surface area contributed by atoms with Gasteiger partial charge in [-0.3, -0.25) is 4.68 Å². The van der Waals surface area contributed by atoms with Crippen LogP contribution in [0.25, 0.3) is 0 Å². The lowest BCUT2D eigenvalue weighted by Crippen LogP contribution is -2.06. The van der Waals surface area contributed by atoms with Crippen molar-refractivity contribution in [3.8, 4) is 6.07 Å². The van der Waals surface area contributed by atoms with E-state index in [9.17, 15) is 0 Å². The summed E-state index contributed by atoms with van der Waals surface area (Å²) >= 11 is 0. The average Bonchev–Trinajstić information content (AvgIpc) is 2.73. The predicted molar refractivity (Wildman–Crippen MR) is 61.7 cm³/mol. The Morgan fingerprint density at radius 3 is 3.00 bits per heavy atom. The third-order valence-corrected chi connectivity index (χ3v) is 2.09. The molecule has 2 aromatic rings. The van der Waals surface area contributed by atoms with Gasteiger partial charge in [-0.05, 0) is 6.07 Å². The van der Waals surface area contributed by atoms with Gasteiger partial charge in [0.05, 0.1) is 24.0 Å². The molecule has 0 fully saturated rings. The zero-order chi connectivity index (χ0) is 12.3. The molecule has 0 amide bonds. The summed E-state index contributed by atoms with van der Waals surface area (Å²) < 4.78 is 1.61. The fourth-order valence-corrected chi connectivity index (χ4v) is 1.33. The molecule has 17 heavy (non-hydrogen) atoms. The van der Waals surface area contributed by atoms with Crippen molar-refractivity contribution < 1.29 is 0 Å². The highest BCUT2D eigenvalue weighted by Crippen LogP contribution is 2.14. The number of pyridine rings is 1. The Balaban J connectivity index is 2.12. The number of nitrogens with one attached hydrogen (secondary N) is 1. The van der Waals surface area contributed by atoms with Crippen molar-refractivity contribution in [3.05, 3.63) is 30.0 Å². The van der Waals surface area contributed by atoms with Crippen molar-refractivity contribution in [3.63, 3.8) is 0 Å². The molecule has 0 aliphatic rings. The second-order valence-electron chi connectivity index (χ2n) is 3.46. The first kappa shape index (κ1) is 10.9. The molecule has 0 aromatic carbocycles. The molecule has 0 radical (unpaired) electrons. The topological polar surface area (TPSA) is 105 Å². The van der Waals surface area contributed by atoms with Crippen molar-refractivity contribution in [2.75, 3.05) is 11.1 Å². The summed E-state index contributed by atoms with van der Waals surface area (Å²) in [6.45, 7) is 0.409. The number of aromatic nitrogens is 4. The number of aryl methyl sites for hydroxylation is 1. The van der Waals surface area contributed by atoms with Gasteiger partial charge in [0.25, 0.3) is 0 Å². The normalized spacial score (nSPS) is 9.88. The molecule has 7 nitrogen and oxygen atoms in total. The van der Waals surface area contributed by atoms with Crippen molar-refractivity contribution in [1.82, 2.24) is 19.7 Å². The van der Waals surface area contributed by atoms with Gasteiger partial charge in [-0.25, -0.2) is 9.97 Å². The number of anilines is 2. The minimum atomic E-state index is 0.404. The predicted octanol–water partition coefficient (Wildman–Crippen LogP) is 0.276. The second kappa shape index (κ2) is 4.49. The molecule has 0 spiro atoms. The van der Waals surface area contributed by atoms with Crippen LogP contribution in [0.3, 0.4) is 0 Å². The van der Waals surface area contributed by atoms with Crippen molar-refractivity contribution in [2.24, 2.45) is 7.05 Å². The van der Waals surface area contributed by atoms with Crippen LogP contribution in [0.5, 0.6) is 0 Å². The van der Waals surface area contributed by atoms with Gasteiger partial charge >= 0.3 is 0 Å². The van der Waals surface area contributed by atoms with Gasteiger partial charge in [0.15, 0.2) is 5.82 Å². The van der Waals surface area contributed by atoms with Gasteiger partial charge < -0.3 is 11.1 Å². The zero-order valence-corrected chi connectivity index (χ0v) is 9.25. The molecular weight excluding hydrogens is 218 g/mol. The van der Waals surface area contributed by atoms with Gasteiger partial charge in [0.1, 0.15) is 18.2 Å². The fraction of sp³-hybridized carbons (Fsp3) is 0.200. The molecule has 3 N–H and O–H groups in total. The molecule has 7 heteroatoms. The third kappa shape index (κ3) is 2.49. The zero-order valence-electron chi connectivity index (χ0n) is 9.25. The summed E-state index contributed by atoms with van der Waals surface area (Å²) in [7, 11) is 1.79. The summed E-state index contributed by atoms with van der Waals surface area (Å²) in [5, 5.41) is 16.0. The minimum Gasteiger partial charge on any atom is -0.397 e. The lowest BCUT2D eigenvalue weighted by molar-refractivity contribution is 0.747. The molecule has 2 rings (SSSR count). The Bertz CT molecular complexity index is 566. The Labute approximate surface area is 97.9 Å². The summed E-state index contributed by atoms with van der Waals surface area (Å²) in [5.74, 6) is 1.11. The molecule has 0 aliphatic carbocycles. The summed E-state index contributed by atoms with van der Waals surface area (Å²) in [6.07, 6.45) is 3.10. The molecule has 0 bridgehead atoms. The third-order valence-electron chi connectivity index (χ3n) is 2.09. The lowest BCUT2D eigenvalue weighted by Gasteiger charge is -2.05. The Hall–Kier alpha value is -2.62. The lowest BCUT2D eigenvalue weighted by atomic mass is 10.2. The number of nitriles is 1. The molecule has 2 aromatic heterocycles. The van der Waals surface area contributed by atoms with Crippen LogP contribution < -0.4 is 11.1 Å². The van der Waals surface area contributed by atoms with Crippen LogP contribution in [0, 0.1) is 11.3 Å². The van der Waals surface area contributed by atoms with Crippen LogP contribution in [0.1, 0.15) is 11.4 Å². The van der Waals surface area contributed by atoms with E-state index in [-0.39, 0.29) is 0 Å². The monoisotopic (exact) mass is 229 g/mol. The highest BCUT2D eigenvalue weighted by molar-refractivity contribution is 5.57. The SMILES string of the molecule is Cn1cnc(CNc2ncc(N)cc2C#N)n1. The minimum absolute atomic E-state index is 0.404. The second-order valence-corrected chi connectivity index (χ2v) is 3.46. The first-order valence-corrected chi connectivity index (χ1v) is 4.93. The number of nitrogens with two attached hydrogens (primary N) is 1. The fourth-order valence-electron chi connectivity index (χ4n) is 1.33. The molecule has 2 heterocycles. The van der Waals surface area contributed by atoms with Gasteiger partial charge in [0.2, 0.25) is 0 Å². The van der Waals surface area contributed by atoms with Crippen LogP contribution >= 0.6 is 0 Å². The van der Waals surface area contributed by atoms with E-state index in [0.717, 1.165) is 0 Å². The molecule has 0 saturated carbocycles. The van der Waals surface area contributed by atoms with Crippen molar-refractivity contribution in [2.45, 2.75) is 6.54 Å². The highest BCUT2D eigenvalue weighted by Gasteiger charge is 2.05. The average molecular weight is 229 g/mol. The van der Waals surface area contributed by atoms with Crippen LogP contribution in [-0.4, -0.2) is 19.7 Å². The van der Waals surface area contributed by atoms with Crippen LogP contribution in [0.2, 0.25) is 0 Å². The van der Waals surface area contributed by atoms with Gasteiger partial charge in [-0.2, -0.15) is 10.4 Å². The Morgan fingerprint density at radius 1 is 1.53 bits per heavy atom. The van der Waals surface area contributed by atoms with Crippen LogP contribution in [0.15, 0.2) is 18.6 Å². The smallest absolute Gasteiger partial charge is 0.169 e. The molecule has 0 atom stereocenters. The van der Waals surface area contributed by atoms with E-state index < -0.39 is 0 Å². The first-order chi connectivity index (χ1) is 8.19. The molecule has 0 saturated heterocycles. The molecular formula is C10H11N7. The summed E-state index contributed by atoms with van der Waals surface area (Å²) in [5.41, 5.74) is 6.41. The van der Waals surface area contributed by atoms with Crippen LogP contribution in [0.4, 0.5) is 11.5 Å². The van der Waals surface area contributed by atoms with E-state index in [0.29, 0.717) is 29.4 Å². The summed E-state index contributed by atoms with van der Waals surface area (Å²) in [6, 6.07) is 3.60. The highest BCUT2D eigenvalue weighted by atomic mass is 15.3. The molecule has 86 valence electrons. The number of nitrogens with zero attached hydrogens (tertiary/aromatic N) is 5. The molecule has 0 aliphatic heterocycles. The standard InChI is InChI=1S/C10H11N7/c1-17-6-15-9(16-17)5-14-10-7(3-11)2-8(12)4-13-10/h2,4,6H,5,12H2,1H3,(H,13,14). The number of rotatable bonds is 3. The van der Waals surface area contributed by atoms with Crippen LogP contribution in [-0.2, 0) is 13.6 Å². The van der Waals surface area contributed by atoms with Gasteiger partial charge in [-0.1, -0.05) is 0 Å². The van der Waals surface area contributed by atoms with Crippen molar-refractivity contribution >= 4 is 11.5 Å². The van der Waals surface area contributed by atoms with E-state index >= 15 is 0 Å². The first-order valence-electron chi connectivity index (χ1n) is 4.93. The number of hydrogen-bond donors (Lipinski definition) is 2. The van der Waals surface area contributed by atoms with E-state index in [2.05, 4.69) is 20.4 Å². The Kier molecular flexibility index (Phi) is 2.87. The van der Waals surface area contributed by atoms with E-state index in [4.69, 9.17) is 11.0 Å². The maximum Gasteiger partial charge on any atom is 0.169 e. The van der Waals surface area contributed by atoms with Gasteiger partial charge in [-0.15, -0.1) is 0 Å². The molecule has 0 unspecified atom stereocenters. The van der Waals surface area contributed by atoms with E-state index in [1.807, 2.05) is 6.07 Å². The van der Waals surface area contributed by atoms with Gasteiger partial charge in [0, 0.05) is 7.05 Å². The maximum absolute atomic E-state index is 8.92. The quantitative estimate of drug-likeness (QED) is 0.782. The summed E-state index contributed by atoms with van der Waals surface area (Å²) in [4.78, 5) is 8.11. The Morgan fingerprint density at radius 2 is 2.35 bits per heavy atom. The maximum atomic E-state index is 8.92. The van der Waals surface area contributed by atoms with E-state index in [1.165, 1.54) is 6.20 Å². The largest absolute Gasteiger partial charge is 0.397 e.